The third kappa shape index (κ3) is 9.11. The normalized spacial score (nSPS) is 14.1. The SMILES string of the molecule is C[C@H](F)COC(=O)CC(=O)OC[C@H](C)F. The van der Waals surface area contributed by atoms with Crippen LogP contribution in [0.1, 0.15) is 20.3 Å². The number of esters is 2. The lowest BCUT2D eigenvalue weighted by Gasteiger charge is -2.06. The van der Waals surface area contributed by atoms with Crippen LogP contribution in [0, 0.1) is 0 Å². The van der Waals surface area contributed by atoms with Crippen LogP contribution >= 0.6 is 0 Å². The Morgan fingerprint density at radius 2 is 1.33 bits per heavy atom. The van der Waals surface area contributed by atoms with E-state index in [2.05, 4.69) is 9.47 Å². The quantitative estimate of drug-likeness (QED) is 0.502. The summed E-state index contributed by atoms with van der Waals surface area (Å²) < 4.78 is 33.2. The molecule has 0 aliphatic carbocycles. The first-order valence-electron chi connectivity index (χ1n) is 4.51. The number of halogens is 2. The number of hydrogen-bond donors (Lipinski definition) is 0. The van der Waals surface area contributed by atoms with E-state index in [1.54, 1.807) is 0 Å². The van der Waals surface area contributed by atoms with E-state index in [4.69, 9.17) is 0 Å². The number of ether oxygens (including phenoxy) is 2. The third-order valence-electron chi connectivity index (χ3n) is 1.24. The number of carbonyl (C=O) groups excluding carboxylic acids is 2. The average molecular weight is 224 g/mol. The summed E-state index contributed by atoms with van der Waals surface area (Å²) in [5.74, 6) is -1.76. The summed E-state index contributed by atoms with van der Waals surface area (Å²) in [6.45, 7) is 1.64. The number of rotatable bonds is 6. The van der Waals surface area contributed by atoms with Crippen molar-refractivity contribution in [3.05, 3.63) is 0 Å². The second-order valence-electron chi connectivity index (χ2n) is 3.10. The summed E-state index contributed by atoms with van der Waals surface area (Å²) in [5, 5.41) is 0. The average Bonchev–Trinajstić information content (AvgIpc) is 2.11. The van der Waals surface area contributed by atoms with Crippen LogP contribution in [0.4, 0.5) is 8.78 Å². The summed E-state index contributed by atoms with van der Waals surface area (Å²) in [5.41, 5.74) is 0. The van der Waals surface area contributed by atoms with Gasteiger partial charge in [0.25, 0.3) is 0 Å². The van der Waals surface area contributed by atoms with E-state index in [9.17, 15) is 18.4 Å². The molecule has 0 N–H and O–H groups in total. The molecule has 88 valence electrons. The minimum atomic E-state index is -1.28. The molecule has 0 unspecified atom stereocenters. The van der Waals surface area contributed by atoms with Gasteiger partial charge in [-0.2, -0.15) is 0 Å². The van der Waals surface area contributed by atoms with E-state index >= 15 is 0 Å². The van der Waals surface area contributed by atoms with Gasteiger partial charge in [-0.15, -0.1) is 0 Å². The molecule has 0 spiro atoms. The lowest BCUT2D eigenvalue weighted by molar-refractivity contribution is -0.156. The van der Waals surface area contributed by atoms with Gasteiger partial charge in [0.1, 0.15) is 32.0 Å². The summed E-state index contributed by atoms with van der Waals surface area (Å²) in [7, 11) is 0. The summed E-state index contributed by atoms with van der Waals surface area (Å²) in [4.78, 5) is 21.6. The van der Waals surface area contributed by atoms with Crippen molar-refractivity contribution in [1.82, 2.24) is 0 Å². The molecule has 0 saturated carbocycles. The van der Waals surface area contributed by atoms with Crippen molar-refractivity contribution >= 4 is 11.9 Å². The molecule has 0 aromatic carbocycles. The molecule has 15 heavy (non-hydrogen) atoms. The van der Waals surface area contributed by atoms with Gasteiger partial charge in [0.15, 0.2) is 0 Å². The maximum atomic E-state index is 12.2. The van der Waals surface area contributed by atoms with E-state index in [1.165, 1.54) is 13.8 Å². The highest BCUT2D eigenvalue weighted by atomic mass is 19.1. The molecule has 0 saturated heterocycles. The second-order valence-corrected chi connectivity index (χ2v) is 3.10. The standard InChI is InChI=1S/C9H14F2O4/c1-6(10)4-14-8(12)3-9(13)15-5-7(2)11/h6-7H,3-5H2,1-2H3/t6-,7-/m0/s1. The van der Waals surface area contributed by atoms with Gasteiger partial charge in [-0.25, -0.2) is 8.78 Å². The van der Waals surface area contributed by atoms with E-state index in [0.717, 1.165) is 0 Å². The highest BCUT2D eigenvalue weighted by Gasteiger charge is 2.14. The molecule has 0 heterocycles. The molecule has 0 aromatic heterocycles. The Morgan fingerprint density at radius 1 is 1.00 bits per heavy atom. The van der Waals surface area contributed by atoms with Crippen molar-refractivity contribution in [2.45, 2.75) is 32.6 Å². The van der Waals surface area contributed by atoms with Crippen LogP contribution in [0.3, 0.4) is 0 Å². The first kappa shape index (κ1) is 13.8. The lowest BCUT2D eigenvalue weighted by Crippen LogP contribution is -2.19. The fraction of sp³-hybridized carbons (Fsp3) is 0.778. The van der Waals surface area contributed by atoms with Gasteiger partial charge in [0.05, 0.1) is 0 Å². The Labute approximate surface area is 86.5 Å². The van der Waals surface area contributed by atoms with E-state index in [1.807, 2.05) is 0 Å². The zero-order valence-electron chi connectivity index (χ0n) is 8.66. The zero-order valence-corrected chi connectivity index (χ0v) is 8.66. The number of alkyl halides is 2. The fourth-order valence-electron chi connectivity index (χ4n) is 0.635. The molecule has 2 atom stereocenters. The van der Waals surface area contributed by atoms with Crippen LogP contribution in [0.2, 0.25) is 0 Å². The van der Waals surface area contributed by atoms with Gasteiger partial charge in [0.2, 0.25) is 0 Å². The summed E-state index contributed by atoms with van der Waals surface area (Å²) >= 11 is 0. The van der Waals surface area contributed by atoms with Crippen molar-refractivity contribution in [1.29, 1.82) is 0 Å². The predicted octanol–water partition coefficient (Wildman–Crippen LogP) is 1.18. The van der Waals surface area contributed by atoms with Crippen molar-refractivity contribution in [2.24, 2.45) is 0 Å². The van der Waals surface area contributed by atoms with Crippen LogP contribution in [-0.2, 0) is 19.1 Å². The van der Waals surface area contributed by atoms with Crippen LogP contribution in [0.25, 0.3) is 0 Å². The number of carbonyl (C=O) groups is 2. The lowest BCUT2D eigenvalue weighted by atomic mass is 10.4. The smallest absolute Gasteiger partial charge is 0.317 e. The molecule has 0 fully saturated rings. The minimum Gasteiger partial charge on any atom is -0.462 e. The first-order valence-corrected chi connectivity index (χ1v) is 4.51. The summed E-state index contributed by atoms with van der Waals surface area (Å²) in [6.07, 6.45) is -3.19. The fourth-order valence-corrected chi connectivity index (χ4v) is 0.635. The molecule has 0 aliphatic rings. The Hall–Kier alpha value is -1.20. The highest BCUT2D eigenvalue weighted by Crippen LogP contribution is 1.96. The van der Waals surface area contributed by atoms with E-state index in [-0.39, 0.29) is 0 Å². The molecule has 0 rings (SSSR count). The van der Waals surface area contributed by atoms with Crippen molar-refractivity contribution in [3.8, 4) is 0 Å². The zero-order chi connectivity index (χ0) is 11.8. The monoisotopic (exact) mass is 224 g/mol. The minimum absolute atomic E-state index is 0.397. The Morgan fingerprint density at radius 3 is 1.60 bits per heavy atom. The van der Waals surface area contributed by atoms with Crippen LogP contribution in [0.15, 0.2) is 0 Å². The van der Waals surface area contributed by atoms with E-state index in [0.29, 0.717) is 0 Å². The van der Waals surface area contributed by atoms with Crippen molar-refractivity contribution in [2.75, 3.05) is 13.2 Å². The van der Waals surface area contributed by atoms with Gasteiger partial charge in [-0.3, -0.25) is 9.59 Å². The molecular formula is C9H14F2O4. The largest absolute Gasteiger partial charge is 0.462 e. The molecule has 6 heteroatoms. The predicted molar refractivity (Wildman–Crippen MR) is 47.7 cm³/mol. The molecule has 0 amide bonds. The van der Waals surface area contributed by atoms with Gasteiger partial charge in [0, 0.05) is 0 Å². The maximum absolute atomic E-state index is 12.2. The van der Waals surface area contributed by atoms with Crippen molar-refractivity contribution in [3.63, 3.8) is 0 Å². The van der Waals surface area contributed by atoms with Gasteiger partial charge >= 0.3 is 11.9 Å². The highest BCUT2D eigenvalue weighted by molar-refractivity contribution is 5.91. The summed E-state index contributed by atoms with van der Waals surface area (Å²) in [6, 6.07) is 0. The Kier molecular flexibility index (Phi) is 6.57. The Balaban J connectivity index is 3.63. The van der Waals surface area contributed by atoms with E-state index < -0.39 is 43.9 Å². The molecule has 0 aromatic rings. The van der Waals surface area contributed by atoms with Crippen LogP contribution in [0.5, 0.6) is 0 Å². The van der Waals surface area contributed by atoms with Gasteiger partial charge < -0.3 is 9.47 Å². The van der Waals surface area contributed by atoms with Crippen molar-refractivity contribution < 1.29 is 27.8 Å². The Bertz CT molecular complexity index is 194. The van der Waals surface area contributed by atoms with Crippen LogP contribution < -0.4 is 0 Å². The van der Waals surface area contributed by atoms with Gasteiger partial charge in [-0.05, 0) is 13.8 Å². The number of hydrogen-bond acceptors (Lipinski definition) is 4. The molecular weight excluding hydrogens is 210 g/mol. The topological polar surface area (TPSA) is 52.6 Å². The molecule has 4 nitrogen and oxygen atoms in total. The first-order chi connectivity index (χ1) is 6.91. The maximum Gasteiger partial charge on any atom is 0.317 e. The second kappa shape index (κ2) is 7.14. The molecule has 0 aliphatic heterocycles. The van der Waals surface area contributed by atoms with Gasteiger partial charge in [-0.1, -0.05) is 0 Å². The van der Waals surface area contributed by atoms with Crippen LogP contribution in [-0.4, -0.2) is 37.5 Å². The molecule has 0 bridgehead atoms. The third-order valence-corrected chi connectivity index (χ3v) is 1.24. The molecule has 0 radical (unpaired) electrons.